The maximum atomic E-state index is 13.1. The summed E-state index contributed by atoms with van der Waals surface area (Å²) < 4.78 is 11.0. The SMILES string of the molecule is CC(C)(C)OC(=O)N1CCC(N(CC(=O)NNC(=O)[C@@H]2CC[C@@H]3CN2C(=O)N3OCc2ccccc2)C(=O)OC(C)(C)C)CC1. The summed E-state index contributed by atoms with van der Waals surface area (Å²) in [6.45, 7) is 11.5. The van der Waals surface area contributed by atoms with Gasteiger partial charge in [0.1, 0.15) is 30.4 Å². The minimum Gasteiger partial charge on any atom is -0.444 e. The molecular formula is C31H46N6O8. The smallest absolute Gasteiger partial charge is 0.411 e. The summed E-state index contributed by atoms with van der Waals surface area (Å²) in [4.78, 5) is 75.0. The zero-order chi connectivity index (χ0) is 32.9. The lowest BCUT2D eigenvalue weighted by molar-refractivity contribution is -0.140. The van der Waals surface area contributed by atoms with Crippen molar-refractivity contribution in [3.8, 4) is 0 Å². The Bertz CT molecular complexity index is 1240. The fourth-order valence-electron chi connectivity index (χ4n) is 5.55. The second-order valence-electron chi connectivity index (χ2n) is 13.6. The van der Waals surface area contributed by atoms with Gasteiger partial charge in [0.05, 0.1) is 6.04 Å². The average molecular weight is 631 g/mol. The van der Waals surface area contributed by atoms with Crippen LogP contribution in [0.25, 0.3) is 0 Å². The Balaban J connectivity index is 1.30. The topological polar surface area (TPSA) is 150 Å². The van der Waals surface area contributed by atoms with E-state index < -0.39 is 47.3 Å². The normalized spacial score (nSPS) is 20.5. The average Bonchev–Trinajstić information content (AvgIpc) is 3.20. The second kappa shape index (κ2) is 13.9. The van der Waals surface area contributed by atoms with Crippen molar-refractivity contribution in [2.75, 3.05) is 26.2 Å². The molecule has 1 aromatic carbocycles. The first kappa shape index (κ1) is 33.8. The van der Waals surface area contributed by atoms with Crippen LogP contribution in [0.3, 0.4) is 0 Å². The van der Waals surface area contributed by atoms with Crippen molar-refractivity contribution >= 4 is 30.0 Å². The summed E-state index contributed by atoms with van der Waals surface area (Å²) in [5, 5.41) is 1.34. The monoisotopic (exact) mass is 630 g/mol. The lowest BCUT2D eigenvalue weighted by atomic mass is 10.0. The second-order valence-corrected chi connectivity index (χ2v) is 13.6. The van der Waals surface area contributed by atoms with Crippen LogP contribution in [0.1, 0.15) is 72.8 Å². The number of amides is 6. The van der Waals surface area contributed by atoms with Crippen molar-refractivity contribution < 1.29 is 38.3 Å². The van der Waals surface area contributed by atoms with E-state index in [9.17, 15) is 24.0 Å². The first-order valence-electron chi connectivity index (χ1n) is 15.4. The maximum Gasteiger partial charge on any atom is 0.411 e. The van der Waals surface area contributed by atoms with Gasteiger partial charge in [-0.3, -0.25) is 30.2 Å². The summed E-state index contributed by atoms with van der Waals surface area (Å²) in [5.74, 6) is -1.16. The van der Waals surface area contributed by atoms with Gasteiger partial charge >= 0.3 is 18.2 Å². The van der Waals surface area contributed by atoms with Crippen molar-refractivity contribution in [1.82, 2.24) is 30.6 Å². The number of fused-ring (bicyclic) bond motifs is 2. The number of piperidine rings is 2. The van der Waals surface area contributed by atoms with Crippen LogP contribution in [0.4, 0.5) is 14.4 Å². The van der Waals surface area contributed by atoms with Gasteiger partial charge in [-0.2, -0.15) is 5.06 Å². The zero-order valence-corrected chi connectivity index (χ0v) is 27.0. The molecule has 6 amide bonds. The van der Waals surface area contributed by atoms with Crippen LogP contribution in [-0.2, 0) is 30.5 Å². The number of ether oxygens (including phenoxy) is 2. The van der Waals surface area contributed by atoms with Crippen LogP contribution in [0.5, 0.6) is 0 Å². The highest BCUT2D eigenvalue weighted by Crippen LogP contribution is 2.30. The number of carbonyl (C=O) groups is 5. The van der Waals surface area contributed by atoms with E-state index in [0.29, 0.717) is 45.3 Å². The molecule has 14 heteroatoms. The minimum atomic E-state index is -0.795. The lowest BCUT2D eigenvalue weighted by Gasteiger charge is -2.39. The standard InChI is InChI=1S/C31H46N6O8/c1-30(2,3)44-28(41)34-16-14-22(15-17-34)35(29(42)45-31(4,5)6)19-25(38)32-33-26(39)24-13-12-23-18-36(24)27(40)37(23)43-20-21-10-8-7-9-11-21/h7-11,22-24H,12-20H2,1-6H3,(H,32,38)(H,33,39)/t23-,24+/m1/s1. The molecule has 0 aromatic heterocycles. The van der Waals surface area contributed by atoms with Crippen molar-refractivity contribution in [3.05, 3.63) is 35.9 Å². The summed E-state index contributed by atoms with van der Waals surface area (Å²) in [6.07, 6.45) is 0.710. The molecule has 0 aliphatic carbocycles. The van der Waals surface area contributed by atoms with E-state index in [2.05, 4.69) is 10.9 Å². The molecule has 3 aliphatic rings. The van der Waals surface area contributed by atoms with Gasteiger partial charge in [-0.1, -0.05) is 30.3 Å². The van der Waals surface area contributed by atoms with Gasteiger partial charge in [-0.15, -0.1) is 0 Å². The number of carbonyl (C=O) groups excluding carboxylic acids is 5. The van der Waals surface area contributed by atoms with Crippen molar-refractivity contribution in [1.29, 1.82) is 0 Å². The molecule has 45 heavy (non-hydrogen) atoms. The molecule has 4 rings (SSSR count). The van der Waals surface area contributed by atoms with Gasteiger partial charge < -0.3 is 19.3 Å². The van der Waals surface area contributed by atoms with Gasteiger partial charge in [-0.25, -0.2) is 14.4 Å². The molecule has 0 saturated carbocycles. The van der Waals surface area contributed by atoms with E-state index in [1.807, 2.05) is 30.3 Å². The number of hydrogen-bond acceptors (Lipinski definition) is 8. The van der Waals surface area contributed by atoms with Crippen LogP contribution in [0, 0.1) is 0 Å². The molecule has 1 aromatic rings. The molecule has 248 valence electrons. The van der Waals surface area contributed by atoms with Gasteiger partial charge in [0.15, 0.2) is 0 Å². The Morgan fingerprint density at radius 1 is 0.889 bits per heavy atom. The molecule has 2 atom stereocenters. The largest absolute Gasteiger partial charge is 0.444 e. The molecule has 3 fully saturated rings. The molecule has 0 spiro atoms. The molecule has 2 bridgehead atoms. The molecule has 0 unspecified atom stereocenters. The van der Waals surface area contributed by atoms with E-state index in [4.69, 9.17) is 14.3 Å². The first-order valence-corrected chi connectivity index (χ1v) is 15.4. The van der Waals surface area contributed by atoms with Gasteiger partial charge in [-0.05, 0) is 72.8 Å². The predicted molar refractivity (Wildman–Crippen MR) is 162 cm³/mol. The fourth-order valence-corrected chi connectivity index (χ4v) is 5.55. The fraction of sp³-hybridized carbons (Fsp3) is 0.645. The molecule has 0 radical (unpaired) electrons. The molecule has 3 heterocycles. The summed E-state index contributed by atoms with van der Waals surface area (Å²) in [7, 11) is 0. The third-order valence-electron chi connectivity index (χ3n) is 7.66. The van der Waals surface area contributed by atoms with Gasteiger partial charge in [0.25, 0.3) is 11.8 Å². The Morgan fingerprint density at radius 3 is 2.16 bits per heavy atom. The van der Waals surface area contributed by atoms with Crippen LogP contribution in [0.2, 0.25) is 0 Å². The number of rotatable bonds is 7. The maximum absolute atomic E-state index is 13.1. The number of likely N-dealkylation sites (tertiary alicyclic amines) is 1. The third kappa shape index (κ3) is 9.22. The number of hydroxylamine groups is 2. The summed E-state index contributed by atoms with van der Waals surface area (Å²) in [5.41, 5.74) is 4.32. The van der Waals surface area contributed by atoms with Crippen molar-refractivity contribution in [2.24, 2.45) is 0 Å². The van der Waals surface area contributed by atoms with Crippen LogP contribution in [0.15, 0.2) is 30.3 Å². The molecule has 3 aliphatic heterocycles. The highest BCUT2D eigenvalue weighted by atomic mass is 16.7. The summed E-state index contributed by atoms with van der Waals surface area (Å²) >= 11 is 0. The highest BCUT2D eigenvalue weighted by molar-refractivity contribution is 5.90. The van der Waals surface area contributed by atoms with E-state index in [0.717, 1.165) is 5.56 Å². The summed E-state index contributed by atoms with van der Waals surface area (Å²) in [6, 6.07) is 7.78. The van der Waals surface area contributed by atoms with Gasteiger partial charge in [0, 0.05) is 25.7 Å². The van der Waals surface area contributed by atoms with Crippen LogP contribution in [-0.4, -0.2) is 105 Å². The lowest BCUT2D eigenvalue weighted by Crippen LogP contribution is -2.57. The highest BCUT2D eigenvalue weighted by Gasteiger charge is 2.48. The quantitative estimate of drug-likeness (QED) is 0.437. The Hall–Kier alpha value is -4.07. The number of benzene rings is 1. The molecule has 14 nitrogen and oxygen atoms in total. The Kier molecular flexibility index (Phi) is 10.5. The Labute approximate surface area is 264 Å². The number of hydrogen-bond donors (Lipinski definition) is 2. The molecule has 3 saturated heterocycles. The number of nitrogens with one attached hydrogen (secondary N) is 2. The van der Waals surface area contributed by atoms with E-state index in [1.54, 1.807) is 46.4 Å². The van der Waals surface area contributed by atoms with Gasteiger partial charge in [0.2, 0.25) is 0 Å². The van der Waals surface area contributed by atoms with E-state index >= 15 is 0 Å². The van der Waals surface area contributed by atoms with E-state index in [-0.39, 0.29) is 25.2 Å². The number of hydrazine groups is 1. The van der Waals surface area contributed by atoms with Crippen LogP contribution < -0.4 is 10.9 Å². The van der Waals surface area contributed by atoms with E-state index in [1.165, 1.54) is 14.9 Å². The van der Waals surface area contributed by atoms with Crippen LogP contribution >= 0.6 is 0 Å². The number of nitrogens with zero attached hydrogens (tertiary/aromatic N) is 4. The predicted octanol–water partition coefficient (Wildman–Crippen LogP) is 3.17. The molecule has 2 N–H and O–H groups in total. The number of urea groups is 1. The Morgan fingerprint density at radius 2 is 1.53 bits per heavy atom. The van der Waals surface area contributed by atoms with Crippen molar-refractivity contribution in [2.45, 2.75) is 103 Å². The van der Waals surface area contributed by atoms with Crippen molar-refractivity contribution in [3.63, 3.8) is 0 Å². The zero-order valence-electron chi connectivity index (χ0n) is 27.0. The first-order chi connectivity index (χ1) is 21.1. The minimum absolute atomic E-state index is 0.163. The molecular weight excluding hydrogens is 584 g/mol. The third-order valence-corrected chi connectivity index (χ3v) is 7.66.